The second-order valence-electron chi connectivity index (χ2n) is 8.08. The zero-order chi connectivity index (χ0) is 23.6. The van der Waals surface area contributed by atoms with Crippen molar-refractivity contribution in [2.45, 2.75) is 50.7 Å². The van der Waals surface area contributed by atoms with Crippen LogP contribution < -0.4 is 15.4 Å². The Morgan fingerprint density at radius 3 is 2.58 bits per heavy atom. The van der Waals surface area contributed by atoms with Gasteiger partial charge in [0.2, 0.25) is 5.91 Å². The Hall–Kier alpha value is -2.72. The van der Waals surface area contributed by atoms with Crippen LogP contribution in [0.2, 0.25) is 0 Å². The van der Waals surface area contributed by atoms with Gasteiger partial charge in [-0.1, -0.05) is 6.42 Å². The Morgan fingerprint density at radius 1 is 1.15 bits per heavy atom. The number of carbonyl (C=O) groups excluding carboxylic acids is 3. The quantitative estimate of drug-likeness (QED) is 0.332. The molecule has 2 fully saturated rings. The van der Waals surface area contributed by atoms with Gasteiger partial charge in [0.05, 0.1) is 13.0 Å². The average Bonchev–Trinajstić information content (AvgIpc) is 2.81. The molecule has 33 heavy (non-hydrogen) atoms. The number of methoxy groups -OCH3 is 1. The van der Waals surface area contributed by atoms with Gasteiger partial charge in [-0.15, -0.1) is 0 Å². The van der Waals surface area contributed by atoms with Gasteiger partial charge >= 0.3 is 5.97 Å². The van der Waals surface area contributed by atoms with Gasteiger partial charge in [0.1, 0.15) is 24.5 Å². The first-order chi connectivity index (χ1) is 16.0. The van der Waals surface area contributed by atoms with E-state index in [0.717, 1.165) is 32.1 Å². The van der Waals surface area contributed by atoms with Crippen LogP contribution in [0.4, 0.5) is 0 Å². The van der Waals surface area contributed by atoms with E-state index in [9.17, 15) is 14.4 Å². The summed E-state index contributed by atoms with van der Waals surface area (Å²) >= 11 is 5.41. The lowest BCUT2D eigenvalue weighted by atomic mass is 9.98. The molecule has 10 heteroatoms. The predicted molar refractivity (Wildman–Crippen MR) is 125 cm³/mol. The number of ether oxygens (including phenoxy) is 3. The Balaban J connectivity index is 1.56. The van der Waals surface area contributed by atoms with Crippen LogP contribution in [-0.4, -0.2) is 73.4 Å². The minimum Gasteiger partial charge on any atom is -0.491 e. The lowest BCUT2D eigenvalue weighted by molar-refractivity contribution is -0.153. The largest absolute Gasteiger partial charge is 0.491 e. The van der Waals surface area contributed by atoms with E-state index in [4.69, 9.17) is 26.4 Å². The fraction of sp³-hybridized carbons (Fsp3) is 0.565. The van der Waals surface area contributed by atoms with Gasteiger partial charge in [-0.3, -0.25) is 19.7 Å². The molecule has 1 aliphatic carbocycles. The summed E-state index contributed by atoms with van der Waals surface area (Å²) in [4.78, 5) is 39.2. The van der Waals surface area contributed by atoms with Crippen LogP contribution in [0.5, 0.6) is 5.75 Å². The first-order valence-electron chi connectivity index (χ1n) is 11.3. The van der Waals surface area contributed by atoms with Crippen molar-refractivity contribution in [2.75, 3.05) is 33.4 Å². The highest BCUT2D eigenvalue weighted by atomic mass is 32.1. The highest BCUT2D eigenvalue weighted by Crippen LogP contribution is 2.21. The van der Waals surface area contributed by atoms with Crippen molar-refractivity contribution < 1.29 is 28.6 Å². The zero-order valence-electron chi connectivity index (χ0n) is 18.8. The van der Waals surface area contributed by atoms with Gasteiger partial charge in [-0.05, 0) is 62.2 Å². The maximum atomic E-state index is 12.7. The molecule has 0 radical (unpaired) electrons. The fourth-order valence-electron chi connectivity index (χ4n) is 3.92. The first kappa shape index (κ1) is 24.9. The topological polar surface area (TPSA) is 106 Å². The van der Waals surface area contributed by atoms with Crippen molar-refractivity contribution in [1.29, 1.82) is 0 Å². The van der Waals surface area contributed by atoms with Gasteiger partial charge < -0.3 is 24.4 Å². The van der Waals surface area contributed by atoms with Crippen molar-refractivity contribution in [1.82, 2.24) is 15.5 Å². The molecule has 1 saturated carbocycles. The molecule has 1 heterocycles. The average molecular weight is 478 g/mol. The number of thiocarbonyl (C=S) groups is 1. The number of nitrogens with zero attached hydrogens (tertiary/aromatic N) is 1. The second-order valence-corrected chi connectivity index (χ2v) is 8.47. The van der Waals surface area contributed by atoms with Gasteiger partial charge in [-0.25, -0.2) is 0 Å². The smallest absolute Gasteiger partial charge is 0.308 e. The number of amides is 2. The number of hydrogen-bond donors (Lipinski definition) is 2. The number of carbonyl (C=O) groups is 3. The van der Waals surface area contributed by atoms with Crippen LogP contribution in [0, 0.1) is 0 Å². The number of esters is 1. The predicted octanol–water partition coefficient (Wildman–Crippen LogP) is 1.79. The minimum atomic E-state index is -0.820. The molecular weight excluding hydrogens is 446 g/mol. The van der Waals surface area contributed by atoms with E-state index in [0.29, 0.717) is 37.6 Å². The maximum Gasteiger partial charge on any atom is 0.308 e. The first-order valence-corrected chi connectivity index (χ1v) is 11.7. The Morgan fingerprint density at radius 2 is 1.88 bits per heavy atom. The molecular formula is C23H31N3O6S. The molecule has 2 N–H and O–H groups in total. The van der Waals surface area contributed by atoms with E-state index in [-0.39, 0.29) is 23.5 Å². The Bertz CT molecular complexity index is 841. The highest BCUT2D eigenvalue weighted by Gasteiger charge is 2.35. The molecule has 0 aromatic heterocycles. The molecule has 1 aromatic carbocycles. The summed E-state index contributed by atoms with van der Waals surface area (Å²) in [6, 6.07) is 5.81. The van der Waals surface area contributed by atoms with Gasteiger partial charge in [0.15, 0.2) is 5.11 Å². The lowest BCUT2D eigenvalue weighted by Gasteiger charge is -2.36. The van der Waals surface area contributed by atoms with E-state index < -0.39 is 17.9 Å². The molecule has 2 aliphatic rings. The number of piperazine rings is 1. The monoisotopic (exact) mass is 477 g/mol. The standard InChI is InChI=1S/C23H31N3O6S/c1-30-13-14-31-17-9-7-16(8-10-17)21(28)25-23(33)26-12-11-24-22(29)19(26)15-20(27)32-18-5-3-2-4-6-18/h7-10,18-19H,2-6,11-15H2,1H3,(H,24,29)(H,25,28,33). The van der Waals surface area contributed by atoms with Crippen LogP contribution in [0.25, 0.3) is 0 Å². The minimum absolute atomic E-state index is 0.0838. The molecule has 0 bridgehead atoms. The number of hydrogen-bond acceptors (Lipinski definition) is 7. The summed E-state index contributed by atoms with van der Waals surface area (Å²) in [6.07, 6.45) is 4.76. The lowest BCUT2D eigenvalue weighted by Crippen LogP contribution is -2.60. The van der Waals surface area contributed by atoms with Crippen molar-refractivity contribution in [3.63, 3.8) is 0 Å². The third-order valence-electron chi connectivity index (χ3n) is 5.70. The molecule has 1 aliphatic heterocycles. The third kappa shape index (κ3) is 7.40. The van der Waals surface area contributed by atoms with Crippen LogP contribution in [0.15, 0.2) is 24.3 Å². The zero-order valence-corrected chi connectivity index (χ0v) is 19.7. The van der Waals surface area contributed by atoms with E-state index in [1.54, 1.807) is 36.3 Å². The molecule has 1 unspecified atom stereocenters. The summed E-state index contributed by atoms with van der Waals surface area (Å²) < 4.78 is 16.0. The summed E-state index contributed by atoms with van der Waals surface area (Å²) in [6.45, 7) is 1.64. The molecule has 3 rings (SSSR count). The summed E-state index contributed by atoms with van der Waals surface area (Å²) in [7, 11) is 1.59. The summed E-state index contributed by atoms with van der Waals surface area (Å²) in [5, 5.41) is 5.53. The Labute approximate surface area is 199 Å². The van der Waals surface area contributed by atoms with Crippen molar-refractivity contribution in [3.8, 4) is 5.75 Å². The van der Waals surface area contributed by atoms with Crippen molar-refractivity contribution in [3.05, 3.63) is 29.8 Å². The van der Waals surface area contributed by atoms with Crippen LogP contribution in [0.1, 0.15) is 48.9 Å². The molecule has 180 valence electrons. The highest BCUT2D eigenvalue weighted by molar-refractivity contribution is 7.80. The van der Waals surface area contributed by atoms with E-state index in [2.05, 4.69) is 10.6 Å². The van der Waals surface area contributed by atoms with Gasteiger partial charge in [-0.2, -0.15) is 0 Å². The summed E-state index contributed by atoms with van der Waals surface area (Å²) in [5.41, 5.74) is 0.395. The number of nitrogens with one attached hydrogen (secondary N) is 2. The fourth-order valence-corrected chi connectivity index (χ4v) is 4.23. The van der Waals surface area contributed by atoms with Crippen molar-refractivity contribution in [2.24, 2.45) is 0 Å². The van der Waals surface area contributed by atoms with E-state index >= 15 is 0 Å². The molecule has 1 saturated heterocycles. The molecule has 0 spiro atoms. The normalized spacial score (nSPS) is 18.9. The van der Waals surface area contributed by atoms with Gasteiger partial charge in [0, 0.05) is 25.8 Å². The molecule has 9 nitrogen and oxygen atoms in total. The van der Waals surface area contributed by atoms with Gasteiger partial charge in [0.25, 0.3) is 5.91 Å². The second kappa shape index (κ2) is 12.5. The maximum absolute atomic E-state index is 12.7. The van der Waals surface area contributed by atoms with Crippen molar-refractivity contribution >= 4 is 35.1 Å². The van der Waals surface area contributed by atoms with E-state index in [1.165, 1.54) is 0 Å². The summed E-state index contributed by atoms with van der Waals surface area (Å²) in [5.74, 6) is -0.517. The number of rotatable bonds is 8. The van der Waals surface area contributed by atoms with Crippen LogP contribution >= 0.6 is 12.2 Å². The molecule has 1 atom stereocenters. The third-order valence-corrected chi connectivity index (χ3v) is 6.03. The molecule has 1 aromatic rings. The van der Waals surface area contributed by atoms with E-state index in [1.807, 2.05) is 0 Å². The van der Waals surface area contributed by atoms with Crippen LogP contribution in [-0.2, 0) is 19.1 Å². The Kier molecular flexibility index (Phi) is 9.44. The number of benzene rings is 1. The molecule has 2 amide bonds. The van der Waals surface area contributed by atoms with Crippen LogP contribution in [0.3, 0.4) is 0 Å². The SMILES string of the molecule is COCCOc1ccc(C(=O)NC(=S)N2CCNC(=O)C2CC(=O)OC2CCCCC2)cc1.